The Morgan fingerprint density at radius 1 is 0.500 bits per heavy atom. The molecule has 0 saturated heterocycles. The molecule has 32 heavy (non-hydrogen) atoms. The maximum atomic E-state index is 11.2. The van der Waals surface area contributed by atoms with Crippen LogP contribution in [0.2, 0.25) is 0 Å². The van der Waals surface area contributed by atoms with Crippen molar-refractivity contribution in [1.82, 2.24) is 0 Å². The molecule has 3 aliphatic carbocycles. The maximum absolute atomic E-state index is 11.2. The van der Waals surface area contributed by atoms with Gasteiger partial charge < -0.3 is 21.1 Å². The molecule has 6 rings (SSSR count). The van der Waals surface area contributed by atoms with Gasteiger partial charge in [0.25, 0.3) is 0 Å². The van der Waals surface area contributed by atoms with Crippen LogP contribution in [0.5, 0.6) is 0 Å². The van der Waals surface area contributed by atoms with Gasteiger partial charge in [-0.25, -0.2) is 0 Å². The van der Waals surface area contributed by atoms with Crippen LogP contribution in [0.15, 0.2) is 90.1 Å². The molecule has 3 aromatic rings. The molecule has 0 aromatic heterocycles. The topological polar surface area (TPSA) is 86.7 Å². The highest BCUT2D eigenvalue weighted by Gasteiger charge is 2.58. The van der Waals surface area contributed by atoms with Crippen molar-refractivity contribution in [2.75, 3.05) is 0 Å². The lowest BCUT2D eigenvalue weighted by Crippen LogP contribution is -2.56. The predicted molar refractivity (Wildman–Crippen MR) is 126 cm³/mol. The van der Waals surface area contributed by atoms with Crippen LogP contribution in [-0.4, -0.2) is 20.9 Å². The van der Waals surface area contributed by atoms with Gasteiger partial charge in [0, 0.05) is 0 Å². The highest BCUT2D eigenvalue weighted by Crippen LogP contribution is 2.59. The van der Waals surface area contributed by atoms with Gasteiger partial charge in [-0.1, -0.05) is 72.8 Å². The zero-order valence-electron chi connectivity index (χ0n) is 17.3. The van der Waals surface area contributed by atoms with Crippen LogP contribution in [-0.2, 0) is 0 Å². The monoisotopic (exact) mass is 421 g/mol. The van der Waals surface area contributed by atoms with E-state index in [0.717, 1.165) is 33.4 Å². The first-order valence-electron chi connectivity index (χ1n) is 10.8. The van der Waals surface area contributed by atoms with Crippen molar-refractivity contribution in [3.8, 4) is 0 Å². The highest BCUT2D eigenvalue weighted by molar-refractivity contribution is 5.73. The van der Waals surface area contributed by atoms with Crippen molar-refractivity contribution in [1.29, 1.82) is 0 Å². The molecule has 3 aromatic carbocycles. The molecular formula is C28H23NO3. The van der Waals surface area contributed by atoms with Gasteiger partial charge in [-0.05, 0) is 51.6 Å². The van der Waals surface area contributed by atoms with Gasteiger partial charge in [0.1, 0.15) is 17.3 Å². The lowest BCUT2D eigenvalue weighted by molar-refractivity contribution is 0.188. The van der Waals surface area contributed by atoms with Crippen LogP contribution in [0, 0.1) is 0 Å². The number of rotatable bonds is 3. The predicted octanol–water partition coefficient (Wildman–Crippen LogP) is 5.77. The Bertz CT molecular complexity index is 1190. The van der Waals surface area contributed by atoms with Crippen LogP contribution in [0.25, 0.3) is 18.2 Å². The van der Waals surface area contributed by atoms with Crippen molar-refractivity contribution in [2.24, 2.45) is 5.73 Å². The molecule has 0 aliphatic heterocycles. The molecule has 3 atom stereocenters. The molecule has 4 heteroatoms. The third-order valence-corrected chi connectivity index (χ3v) is 7.22. The highest BCUT2D eigenvalue weighted by atomic mass is 16.3. The van der Waals surface area contributed by atoms with Crippen molar-refractivity contribution in [3.63, 3.8) is 0 Å². The van der Waals surface area contributed by atoms with Crippen LogP contribution in [0.3, 0.4) is 0 Å². The smallest absolute Gasteiger partial charge is 0.102 e. The molecule has 0 saturated carbocycles. The Morgan fingerprint density at radius 2 is 0.781 bits per heavy atom. The Labute approximate surface area is 186 Å². The number of aliphatic hydroxyl groups excluding tert-OH is 3. The zero-order chi connectivity index (χ0) is 22.0. The third-order valence-electron chi connectivity index (χ3n) is 7.22. The number of nitrogens with two attached hydrogens (primary N) is 1. The lowest BCUT2D eigenvalue weighted by Gasteiger charge is -2.46. The first-order chi connectivity index (χ1) is 15.5. The summed E-state index contributed by atoms with van der Waals surface area (Å²) in [6.45, 7) is 0. The Kier molecular flexibility index (Phi) is 3.92. The molecule has 3 unspecified atom stereocenters. The number of aliphatic hydroxyl groups is 3. The first kappa shape index (κ1) is 19.0. The van der Waals surface area contributed by atoms with Crippen LogP contribution < -0.4 is 5.73 Å². The van der Waals surface area contributed by atoms with Crippen molar-refractivity contribution >= 4 is 18.2 Å². The van der Waals surface area contributed by atoms with E-state index in [9.17, 15) is 15.3 Å². The molecular weight excluding hydrogens is 398 g/mol. The summed E-state index contributed by atoms with van der Waals surface area (Å²) in [7, 11) is 0. The number of hydrogen-bond acceptors (Lipinski definition) is 4. The summed E-state index contributed by atoms with van der Waals surface area (Å²) in [6, 6.07) is 23.3. The number of hydrogen-bond donors (Lipinski definition) is 4. The molecule has 0 fully saturated rings. The lowest BCUT2D eigenvalue weighted by atomic mass is 9.61. The van der Waals surface area contributed by atoms with E-state index >= 15 is 0 Å². The zero-order valence-corrected chi connectivity index (χ0v) is 17.3. The summed E-state index contributed by atoms with van der Waals surface area (Å²) >= 11 is 0. The minimum absolute atomic E-state index is 0.142. The van der Waals surface area contributed by atoms with Gasteiger partial charge in [0.2, 0.25) is 0 Å². The second kappa shape index (κ2) is 6.62. The fraction of sp³-hybridized carbons (Fsp3) is 0.143. The van der Waals surface area contributed by atoms with Gasteiger partial charge in [-0.2, -0.15) is 0 Å². The van der Waals surface area contributed by atoms with Gasteiger partial charge in [-0.3, -0.25) is 0 Å². The maximum Gasteiger partial charge on any atom is 0.102 e. The van der Waals surface area contributed by atoms with E-state index in [1.54, 1.807) is 18.2 Å². The largest absolute Gasteiger partial charge is 0.512 e. The quantitative estimate of drug-likeness (QED) is 0.432. The fourth-order valence-corrected chi connectivity index (χ4v) is 6.00. The van der Waals surface area contributed by atoms with E-state index in [-0.39, 0.29) is 17.3 Å². The second-order valence-electron chi connectivity index (χ2n) is 8.89. The summed E-state index contributed by atoms with van der Waals surface area (Å²) in [5, 5.41) is 33.6. The molecule has 4 nitrogen and oxygen atoms in total. The van der Waals surface area contributed by atoms with E-state index in [2.05, 4.69) is 0 Å². The van der Waals surface area contributed by atoms with Crippen LogP contribution in [0.1, 0.15) is 51.1 Å². The summed E-state index contributed by atoms with van der Waals surface area (Å²) < 4.78 is 0. The van der Waals surface area contributed by atoms with E-state index < -0.39 is 23.3 Å². The Hall–Kier alpha value is -3.76. The van der Waals surface area contributed by atoms with Gasteiger partial charge >= 0.3 is 0 Å². The van der Waals surface area contributed by atoms with Crippen molar-refractivity contribution < 1.29 is 15.3 Å². The van der Waals surface area contributed by atoms with Gasteiger partial charge in [-0.15, -0.1) is 0 Å². The summed E-state index contributed by atoms with van der Waals surface area (Å²) in [5.41, 5.74) is 11.5. The van der Waals surface area contributed by atoms with E-state index in [0.29, 0.717) is 0 Å². The van der Waals surface area contributed by atoms with Crippen molar-refractivity contribution in [3.05, 3.63) is 123 Å². The van der Waals surface area contributed by atoms with Crippen molar-refractivity contribution in [2.45, 2.75) is 23.3 Å². The summed E-state index contributed by atoms with van der Waals surface area (Å²) in [4.78, 5) is 0. The molecule has 0 bridgehead atoms. The SMILES string of the molecule is NC(C1C(O)=Cc2ccccc21)(C1C(O)=Cc2ccccc21)C1C(O)=Cc2ccccc21. The standard InChI is InChI=1S/C28H23NO3/c29-28(25-19-10-4-1-7-16(19)13-22(25)30,26-20-11-5-2-8-17(20)14-23(26)31)27-21-12-6-3-9-18(21)15-24(27)32/h1-15,25-27,30-32H,29H2. The average molecular weight is 421 g/mol. The van der Waals surface area contributed by atoms with Gasteiger partial charge in [0.05, 0.1) is 23.3 Å². The normalized spacial score (nSPS) is 24.7. The molecule has 5 N–H and O–H groups in total. The first-order valence-corrected chi connectivity index (χ1v) is 10.8. The Balaban J connectivity index is 1.64. The Morgan fingerprint density at radius 3 is 1.09 bits per heavy atom. The molecule has 3 aliphatic rings. The fourth-order valence-electron chi connectivity index (χ4n) is 6.00. The summed E-state index contributed by atoms with van der Waals surface area (Å²) in [5.74, 6) is -1.42. The summed E-state index contributed by atoms with van der Waals surface area (Å²) in [6.07, 6.45) is 5.22. The molecule has 0 radical (unpaired) electrons. The van der Waals surface area contributed by atoms with Crippen LogP contribution >= 0.6 is 0 Å². The minimum atomic E-state index is -1.27. The molecule has 158 valence electrons. The van der Waals surface area contributed by atoms with E-state index in [1.165, 1.54) is 0 Å². The molecule has 0 spiro atoms. The molecule has 0 heterocycles. The van der Waals surface area contributed by atoms with Crippen LogP contribution in [0.4, 0.5) is 0 Å². The van der Waals surface area contributed by atoms with E-state index in [1.807, 2.05) is 72.8 Å². The second-order valence-corrected chi connectivity index (χ2v) is 8.89. The number of fused-ring (bicyclic) bond motifs is 3. The van der Waals surface area contributed by atoms with Gasteiger partial charge in [0.15, 0.2) is 0 Å². The third kappa shape index (κ3) is 2.41. The van der Waals surface area contributed by atoms with E-state index in [4.69, 9.17) is 5.73 Å². The molecule has 0 amide bonds. The number of benzene rings is 3. The average Bonchev–Trinajstić information content (AvgIpc) is 3.42. The minimum Gasteiger partial charge on any atom is -0.512 e.